The van der Waals surface area contributed by atoms with Crippen LogP contribution in [0.3, 0.4) is 0 Å². The summed E-state index contributed by atoms with van der Waals surface area (Å²) in [5, 5.41) is 7.28. The fourth-order valence-electron chi connectivity index (χ4n) is 4.97. The molecule has 10 heteroatoms. The number of benzene rings is 1. The molecule has 3 aromatic rings. The Morgan fingerprint density at radius 3 is 2.37 bits per heavy atom. The van der Waals surface area contributed by atoms with E-state index in [0.717, 1.165) is 68.8 Å². The lowest BCUT2D eigenvalue weighted by atomic mass is 9.89. The van der Waals surface area contributed by atoms with Gasteiger partial charge in [0.1, 0.15) is 0 Å². The first kappa shape index (κ1) is 23.6. The van der Waals surface area contributed by atoms with E-state index >= 15 is 0 Å². The largest absolute Gasteiger partial charge is 0.424 e. The average molecular weight is 487 g/mol. The summed E-state index contributed by atoms with van der Waals surface area (Å²) >= 11 is 0. The molecule has 1 aromatic carbocycles. The molecular formula is C25H29F3N6O. The Balaban J connectivity index is 1.21. The van der Waals surface area contributed by atoms with Crippen LogP contribution in [0.2, 0.25) is 0 Å². The maximum atomic E-state index is 12.8. The van der Waals surface area contributed by atoms with E-state index in [1.165, 1.54) is 0 Å². The quantitative estimate of drug-likeness (QED) is 0.500. The van der Waals surface area contributed by atoms with Crippen LogP contribution in [0.25, 0.3) is 11.3 Å². The Hall–Kier alpha value is -3.14. The first-order chi connectivity index (χ1) is 17.0. The van der Waals surface area contributed by atoms with Gasteiger partial charge in [-0.3, -0.25) is 0 Å². The van der Waals surface area contributed by atoms with Crippen molar-refractivity contribution in [2.45, 2.75) is 62.8 Å². The fraction of sp³-hybridized carbons (Fsp3) is 0.480. The number of rotatable bonds is 6. The normalized spacial score (nSPS) is 23.3. The lowest BCUT2D eigenvalue weighted by molar-refractivity contribution is -0.138. The number of hydrogen-bond acceptors (Lipinski definition) is 7. The zero-order valence-corrected chi connectivity index (χ0v) is 19.3. The molecule has 35 heavy (non-hydrogen) atoms. The Kier molecular flexibility index (Phi) is 6.90. The van der Waals surface area contributed by atoms with Gasteiger partial charge in [0, 0.05) is 49.2 Å². The van der Waals surface area contributed by atoms with Crippen LogP contribution in [0.4, 0.5) is 25.1 Å². The molecule has 0 radical (unpaired) electrons. The number of alkyl halides is 3. The van der Waals surface area contributed by atoms with Gasteiger partial charge < -0.3 is 20.0 Å². The Bertz CT molecular complexity index is 1090. The van der Waals surface area contributed by atoms with Gasteiger partial charge in [-0.25, -0.2) is 15.0 Å². The minimum Gasteiger partial charge on any atom is -0.424 e. The first-order valence-corrected chi connectivity index (χ1v) is 12.1. The van der Waals surface area contributed by atoms with Crippen LogP contribution >= 0.6 is 0 Å². The number of nitrogens with one attached hydrogen (secondary N) is 2. The lowest BCUT2D eigenvalue weighted by Crippen LogP contribution is -2.55. The molecule has 2 aromatic heterocycles. The highest BCUT2D eigenvalue weighted by atomic mass is 19.4. The number of aromatic nitrogens is 3. The van der Waals surface area contributed by atoms with Gasteiger partial charge in [-0.15, -0.1) is 0 Å². The maximum absolute atomic E-state index is 12.8. The van der Waals surface area contributed by atoms with Crippen LogP contribution in [-0.4, -0.2) is 46.2 Å². The van der Waals surface area contributed by atoms with Gasteiger partial charge in [0.2, 0.25) is 5.95 Å². The van der Waals surface area contributed by atoms with Crippen LogP contribution in [0.1, 0.15) is 44.1 Å². The number of hydrogen-bond donors (Lipinski definition) is 2. The number of anilines is 2. The molecule has 186 valence electrons. The van der Waals surface area contributed by atoms with Crippen molar-refractivity contribution >= 4 is 12.0 Å². The van der Waals surface area contributed by atoms with E-state index < -0.39 is 11.7 Å². The summed E-state index contributed by atoms with van der Waals surface area (Å²) in [6.45, 7) is 1.39. The molecule has 0 amide bonds. The first-order valence-electron chi connectivity index (χ1n) is 12.1. The van der Waals surface area contributed by atoms with Crippen LogP contribution in [0.15, 0.2) is 53.3 Å². The van der Waals surface area contributed by atoms with E-state index in [1.807, 2.05) is 35.2 Å². The van der Waals surface area contributed by atoms with E-state index in [9.17, 15) is 13.2 Å². The molecule has 1 saturated heterocycles. The lowest BCUT2D eigenvalue weighted by Gasteiger charge is -2.39. The molecule has 0 bridgehead atoms. The Labute approximate surface area is 202 Å². The van der Waals surface area contributed by atoms with Crippen LogP contribution in [0.5, 0.6) is 0 Å². The number of halogens is 3. The molecule has 2 unspecified atom stereocenters. The highest BCUT2D eigenvalue weighted by Crippen LogP contribution is 2.29. The number of nitrogens with zero attached hydrogens (tertiary/aromatic N) is 4. The SMILES string of the molecule is FC(F)(F)c1cnc(N2CCC[C@H](NC3CCCCC3Nc3ncc(-c4ccccc4)o3)C2)nc1. The van der Waals surface area contributed by atoms with Crippen molar-refractivity contribution in [1.82, 2.24) is 20.3 Å². The summed E-state index contributed by atoms with van der Waals surface area (Å²) in [4.78, 5) is 14.4. The third kappa shape index (κ3) is 5.75. The predicted octanol–water partition coefficient (Wildman–Crippen LogP) is 5.13. The summed E-state index contributed by atoms with van der Waals surface area (Å²) in [6.07, 6.45) is 5.29. The average Bonchev–Trinajstić information content (AvgIpc) is 3.34. The summed E-state index contributed by atoms with van der Waals surface area (Å²) in [6, 6.07) is 11.0. The van der Waals surface area contributed by atoms with Crippen LogP contribution < -0.4 is 15.5 Å². The molecule has 7 nitrogen and oxygen atoms in total. The fourth-order valence-corrected chi connectivity index (χ4v) is 4.97. The van der Waals surface area contributed by atoms with E-state index in [2.05, 4.69) is 25.6 Å². The highest BCUT2D eigenvalue weighted by Gasteiger charge is 2.33. The van der Waals surface area contributed by atoms with Crippen molar-refractivity contribution < 1.29 is 17.6 Å². The molecule has 2 aliphatic rings. The summed E-state index contributed by atoms with van der Waals surface area (Å²) in [7, 11) is 0. The predicted molar refractivity (Wildman–Crippen MR) is 127 cm³/mol. The Morgan fingerprint density at radius 1 is 0.886 bits per heavy atom. The topological polar surface area (TPSA) is 79.1 Å². The molecule has 1 saturated carbocycles. The second kappa shape index (κ2) is 10.2. The Morgan fingerprint density at radius 2 is 1.63 bits per heavy atom. The van der Waals surface area contributed by atoms with E-state index in [-0.39, 0.29) is 18.1 Å². The summed E-state index contributed by atoms with van der Waals surface area (Å²) in [5.74, 6) is 1.07. The number of piperidine rings is 1. The molecule has 2 fully saturated rings. The summed E-state index contributed by atoms with van der Waals surface area (Å²) < 4.78 is 44.5. The van der Waals surface area contributed by atoms with Crippen molar-refractivity contribution in [3.05, 3.63) is 54.5 Å². The third-order valence-corrected chi connectivity index (χ3v) is 6.76. The second-order valence-corrected chi connectivity index (χ2v) is 9.26. The number of oxazole rings is 1. The van der Waals surface area contributed by atoms with Gasteiger partial charge in [0.05, 0.1) is 11.8 Å². The molecule has 5 rings (SSSR count). The molecule has 1 aliphatic heterocycles. The summed E-state index contributed by atoms with van der Waals surface area (Å²) in [5.41, 5.74) is 0.158. The molecule has 0 spiro atoms. The van der Waals surface area contributed by atoms with Crippen molar-refractivity contribution in [2.24, 2.45) is 0 Å². The van der Waals surface area contributed by atoms with Gasteiger partial charge in [-0.2, -0.15) is 13.2 Å². The van der Waals surface area contributed by atoms with Gasteiger partial charge in [0.25, 0.3) is 6.01 Å². The molecular weight excluding hydrogens is 457 g/mol. The van der Waals surface area contributed by atoms with Crippen molar-refractivity contribution in [3.63, 3.8) is 0 Å². The zero-order valence-electron chi connectivity index (χ0n) is 19.3. The third-order valence-electron chi connectivity index (χ3n) is 6.76. The molecule has 2 N–H and O–H groups in total. The highest BCUT2D eigenvalue weighted by molar-refractivity contribution is 5.57. The standard InChI is InChI=1S/C25H29F3N6O/c26-25(27,28)18-13-29-23(30-14-18)34-12-6-9-19(16-34)32-20-10-4-5-11-21(20)33-24-31-15-22(35-24)17-7-2-1-3-8-17/h1-3,7-8,13-15,19-21,32H,4-6,9-12,16H2,(H,31,33)/t19-,20?,21?/m0/s1. The van der Waals surface area contributed by atoms with E-state index in [4.69, 9.17) is 4.42 Å². The van der Waals surface area contributed by atoms with E-state index in [0.29, 0.717) is 18.5 Å². The minimum absolute atomic E-state index is 0.184. The molecule has 3 heterocycles. The maximum Gasteiger partial charge on any atom is 0.419 e. The zero-order chi connectivity index (χ0) is 24.3. The monoisotopic (exact) mass is 486 g/mol. The molecule has 3 atom stereocenters. The smallest absolute Gasteiger partial charge is 0.419 e. The minimum atomic E-state index is -4.43. The van der Waals surface area contributed by atoms with Gasteiger partial charge >= 0.3 is 6.18 Å². The van der Waals surface area contributed by atoms with Crippen molar-refractivity contribution in [1.29, 1.82) is 0 Å². The van der Waals surface area contributed by atoms with Crippen molar-refractivity contribution in [2.75, 3.05) is 23.3 Å². The van der Waals surface area contributed by atoms with Crippen molar-refractivity contribution in [3.8, 4) is 11.3 Å². The van der Waals surface area contributed by atoms with Crippen LogP contribution in [-0.2, 0) is 6.18 Å². The second-order valence-electron chi connectivity index (χ2n) is 9.26. The van der Waals surface area contributed by atoms with Crippen LogP contribution in [0, 0.1) is 0 Å². The van der Waals surface area contributed by atoms with Gasteiger partial charge in [-0.05, 0) is 25.7 Å². The van der Waals surface area contributed by atoms with Gasteiger partial charge in [0.15, 0.2) is 5.76 Å². The van der Waals surface area contributed by atoms with Gasteiger partial charge in [-0.1, -0.05) is 43.2 Å². The van der Waals surface area contributed by atoms with E-state index in [1.54, 1.807) is 6.20 Å². The molecule has 1 aliphatic carbocycles.